The summed E-state index contributed by atoms with van der Waals surface area (Å²) < 4.78 is 0. The fourth-order valence-corrected chi connectivity index (χ4v) is 5.14. The zero-order valence-corrected chi connectivity index (χ0v) is 8.65. The van der Waals surface area contributed by atoms with E-state index in [2.05, 4.69) is 0 Å². The second kappa shape index (κ2) is 2.17. The molecule has 3 saturated carbocycles. The Morgan fingerprint density at radius 3 is 2.86 bits per heavy atom. The lowest BCUT2D eigenvalue weighted by atomic mass is 9.78. The third-order valence-electron chi connectivity index (χ3n) is 5.60. The molecule has 2 heteroatoms. The maximum atomic E-state index is 11.6. The van der Waals surface area contributed by atoms with Crippen molar-refractivity contribution >= 4 is 5.91 Å². The molecule has 1 saturated heterocycles. The topological polar surface area (TPSA) is 20.3 Å². The van der Waals surface area contributed by atoms with Crippen LogP contribution in [-0.4, -0.2) is 23.9 Å². The van der Waals surface area contributed by atoms with Gasteiger partial charge in [0.1, 0.15) is 0 Å². The van der Waals surface area contributed by atoms with Gasteiger partial charge < -0.3 is 4.90 Å². The van der Waals surface area contributed by atoms with E-state index in [0.717, 1.165) is 23.7 Å². The highest BCUT2D eigenvalue weighted by atomic mass is 16.2. The third-order valence-corrected chi connectivity index (χ3v) is 5.60. The van der Waals surface area contributed by atoms with Gasteiger partial charge in [-0.3, -0.25) is 4.79 Å². The van der Waals surface area contributed by atoms with Gasteiger partial charge in [-0.2, -0.15) is 0 Å². The van der Waals surface area contributed by atoms with Gasteiger partial charge in [-0.1, -0.05) is 0 Å². The molecule has 6 unspecified atom stereocenters. The van der Waals surface area contributed by atoms with Crippen molar-refractivity contribution < 1.29 is 4.79 Å². The number of fused-ring (bicyclic) bond motifs is 7. The quantitative estimate of drug-likeness (QED) is 0.531. The number of hydrogen-bond acceptors (Lipinski definition) is 1. The van der Waals surface area contributed by atoms with Crippen LogP contribution < -0.4 is 0 Å². The summed E-state index contributed by atoms with van der Waals surface area (Å²) in [6.07, 6.45) is 5.64. The highest BCUT2D eigenvalue weighted by molar-refractivity contribution is 5.86. The smallest absolute Gasteiger partial charge is 0.227 e. The van der Waals surface area contributed by atoms with E-state index in [1.807, 2.05) is 11.9 Å². The molecule has 4 rings (SSSR count). The molecule has 4 aliphatic rings. The van der Waals surface area contributed by atoms with Gasteiger partial charge in [-0.15, -0.1) is 0 Å². The standard InChI is InChI=1S/C12H17NO/c1-13-11-9(12(13)14)5-8-6-2-3-7(4-6)10(8)11/h6-11H,2-5H2,1H3. The number of β-lactam (4-membered cyclic amide) rings is 1. The summed E-state index contributed by atoms with van der Waals surface area (Å²) in [6.45, 7) is 0. The van der Waals surface area contributed by atoms with Crippen LogP contribution >= 0.6 is 0 Å². The second-order valence-corrected chi connectivity index (χ2v) is 5.86. The molecule has 0 aromatic carbocycles. The molecule has 0 aromatic rings. The number of nitrogens with zero attached hydrogens (tertiary/aromatic N) is 1. The first-order chi connectivity index (χ1) is 6.77. The Morgan fingerprint density at radius 1 is 1.21 bits per heavy atom. The van der Waals surface area contributed by atoms with E-state index in [0.29, 0.717) is 17.9 Å². The predicted octanol–water partition coefficient (Wildman–Crippen LogP) is 1.51. The predicted molar refractivity (Wildman–Crippen MR) is 52.5 cm³/mol. The average Bonchev–Trinajstić information content (AvgIpc) is 2.86. The zero-order chi connectivity index (χ0) is 9.45. The van der Waals surface area contributed by atoms with Crippen molar-refractivity contribution in [2.24, 2.45) is 29.6 Å². The van der Waals surface area contributed by atoms with E-state index in [1.165, 1.54) is 25.7 Å². The summed E-state index contributed by atoms with van der Waals surface area (Å²) >= 11 is 0. The van der Waals surface area contributed by atoms with Crippen molar-refractivity contribution in [3.05, 3.63) is 0 Å². The van der Waals surface area contributed by atoms with Crippen molar-refractivity contribution in [1.82, 2.24) is 4.90 Å². The fraction of sp³-hybridized carbons (Fsp3) is 0.917. The normalized spacial score (nSPS) is 58.6. The van der Waals surface area contributed by atoms with E-state index >= 15 is 0 Å². The molecule has 76 valence electrons. The number of hydrogen-bond donors (Lipinski definition) is 0. The van der Waals surface area contributed by atoms with Crippen LogP contribution in [0.1, 0.15) is 25.7 Å². The van der Waals surface area contributed by atoms with Crippen LogP contribution in [0.15, 0.2) is 0 Å². The summed E-state index contributed by atoms with van der Waals surface area (Å²) in [5, 5.41) is 0. The molecule has 0 radical (unpaired) electrons. The van der Waals surface area contributed by atoms with E-state index in [1.54, 1.807) is 0 Å². The van der Waals surface area contributed by atoms with Gasteiger partial charge in [0.15, 0.2) is 0 Å². The number of likely N-dealkylation sites (tertiary alicyclic amines) is 1. The number of rotatable bonds is 0. The van der Waals surface area contributed by atoms with E-state index < -0.39 is 0 Å². The minimum atomic E-state index is 0.434. The Bertz CT molecular complexity index is 313. The molecule has 0 aromatic heterocycles. The zero-order valence-electron chi connectivity index (χ0n) is 8.65. The molecule has 14 heavy (non-hydrogen) atoms. The lowest BCUT2D eigenvalue weighted by Crippen LogP contribution is -2.59. The van der Waals surface area contributed by atoms with E-state index in [9.17, 15) is 4.79 Å². The maximum absolute atomic E-state index is 11.6. The highest BCUT2D eigenvalue weighted by Gasteiger charge is 2.64. The molecule has 1 amide bonds. The minimum Gasteiger partial charge on any atom is -0.341 e. The maximum Gasteiger partial charge on any atom is 0.227 e. The van der Waals surface area contributed by atoms with Gasteiger partial charge in [0.05, 0.1) is 5.92 Å². The number of carbonyl (C=O) groups excluding carboxylic acids is 1. The van der Waals surface area contributed by atoms with Crippen LogP contribution in [0, 0.1) is 29.6 Å². The average molecular weight is 191 g/mol. The summed E-state index contributed by atoms with van der Waals surface area (Å²) in [4.78, 5) is 13.7. The van der Waals surface area contributed by atoms with Crippen LogP contribution in [0.25, 0.3) is 0 Å². The van der Waals surface area contributed by atoms with Crippen molar-refractivity contribution in [3.8, 4) is 0 Å². The summed E-state index contributed by atoms with van der Waals surface area (Å²) in [7, 11) is 2.01. The molecule has 6 atom stereocenters. The fourth-order valence-electron chi connectivity index (χ4n) is 5.14. The molecular formula is C12H17NO. The molecule has 0 N–H and O–H groups in total. The lowest BCUT2D eigenvalue weighted by Gasteiger charge is -2.45. The third kappa shape index (κ3) is 0.636. The SMILES string of the molecule is CN1C(=O)C2CC3C4CCC(C4)C3C21. The summed E-state index contributed by atoms with van der Waals surface area (Å²) in [5.41, 5.74) is 0. The Balaban J connectivity index is 1.71. The molecular weight excluding hydrogens is 174 g/mol. The molecule has 1 aliphatic heterocycles. The van der Waals surface area contributed by atoms with Crippen LogP contribution in [-0.2, 0) is 4.79 Å². The van der Waals surface area contributed by atoms with Gasteiger partial charge in [-0.05, 0) is 49.4 Å². The van der Waals surface area contributed by atoms with Crippen LogP contribution in [0.4, 0.5) is 0 Å². The molecule has 0 spiro atoms. The van der Waals surface area contributed by atoms with Crippen LogP contribution in [0.3, 0.4) is 0 Å². The highest BCUT2D eigenvalue weighted by Crippen LogP contribution is 2.63. The molecule has 1 heterocycles. The van der Waals surface area contributed by atoms with Crippen molar-refractivity contribution in [2.75, 3.05) is 7.05 Å². The first-order valence-electron chi connectivity index (χ1n) is 6.04. The lowest BCUT2D eigenvalue weighted by molar-refractivity contribution is -0.153. The van der Waals surface area contributed by atoms with E-state index in [4.69, 9.17) is 0 Å². The number of carbonyl (C=O) groups is 1. The van der Waals surface area contributed by atoms with Crippen LogP contribution in [0.5, 0.6) is 0 Å². The Kier molecular flexibility index (Phi) is 1.20. The molecule has 2 nitrogen and oxygen atoms in total. The Hall–Kier alpha value is -0.530. The Labute approximate surface area is 84.7 Å². The monoisotopic (exact) mass is 191 g/mol. The first-order valence-corrected chi connectivity index (χ1v) is 6.04. The Morgan fingerprint density at radius 2 is 2.00 bits per heavy atom. The first kappa shape index (κ1) is 7.72. The molecule has 4 fully saturated rings. The van der Waals surface area contributed by atoms with Crippen molar-refractivity contribution in [3.63, 3.8) is 0 Å². The van der Waals surface area contributed by atoms with Gasteiger partial charge in [0.25, 0.3) is 0 Å². The molecule has 3 aliphatic carbocycles. The van der Waals surface area contributed by atoms with Crippen molar-refractivity contribution in [2.45, 2.75) is 31.7 Å². The summed E-state index contributed by atoms with van der Waals surface area (Å²) in [5.74, 6) is 4.69. The second-order valence-electron chi connectivity index (χ2n) is 5.86. The number of amides is 1. The van der Waals surface area contributed by atoms with Gasteiger partial charge in [0, 0.05) is 13.1 Å². The summed E-state index contributed by atoms with van der Waals surface area (Å²) in [6, 6.07) is 0.655. The van der Waals surface area contributed by atoms with E-state index in [-0.39, 0.29) is 0 Å². The minimum absolute atomic E-state index is 0.434. The van der Waals surface area contributed by atoms with Crippen molar-refractivity contribution in [1.29, 1.82) is 0 Å². The molecule has 2 bridgehead atoms. The van der Waals surface area contributed by atoms with Gasteiger partial charge >= 0.3 is 0 Å². The largest absolute Gasteiger partial charge is 0.341 e. The van der Waals surface area contributed by atoms with Crippen LogP contribution in [0.2, 0.25) is 0 Å². The van der Waals surface area contributed by atoms with Gasteiger partial charge in [0.2, 0.25) is 5.91 Å². The van der Waals surface area contributed by atoms with Gasteiger partial charge in [-0.25, -0.2) is 0 Å².